The topological polar surface area (TPSA) is 53.9 Å². The van der Waals surface area contributed by atoms with Crippen LogP contribution < -0.4 is 10.2 Å². The minimum Gasteiger partial charge on any atom is -0.347 e. The fourth-order valence-corrected chi connectivity index (χ4v) is 2.21. The molecule has 1 aromatic heterocycles. The normalized spacial score (nSPS) is 10.5. The molecule has 0 atom stereocenters. The van der Waals surface area contributed by atoms with Crippen molar-refractivity contribution in [1.82, 2.24) is 15.0 Å². The number of nitrogens with one attached hydrogen (secondary N) is 1. The second kappa shape index (κ2) is 5.45. The highest BCUT2D eigenvalue weighted by Gasteiger charge is 2.09. The SMILES string of the molecule is Cc1cc(C)c(Nc2nc(C)nc(N(C)C)n2)c(C)c1. The summed E-state index contributed by atoms with van der Waals surface area (Å²) in [4.78, 5) is 14.9. The van der Waals surface area contributed by atoms with E-state index >= 15 is 0 Å². The molecule has 5 heteroatoms. The lowest BCUT2D eigenvalue weighted by molar-refractivity contribution is 0.922. The molecule has 0 aliphatic carbocycles. The summed E-state index contributed by atoms with van der Waals surface area (Å²) >= 11 is 0. The molecule has 0 spiro atoms. The van der Waals surface area contributed by atoms with Crippen LogP contribution in [0.15, 0.2) is 12.1 Å². The van der Waals surface area contributed by atoms with Crippen molar-refractivity contribution in [3.63, 3.8) is 0 Å². The summed E-state index contributed by atoms with van der Waals surface area (Å²) in [5.74, 6) is 1.94. The smallest absolute Gasteiger partial charge is 0.232 e. The Balaban J connectivity index is 2.40. The van der Waals surface area contributed by atoms with Gasteiger partial charge in [-0.25, -0.2) is 0 Å². The second-order valence-corrected chi connectivity index (χ2v) is 5.30. The number of anilines is 3. The maximum absolute atomic E-state index is 4.43. The van der Waals surface area contributed by atoms with Gasteiger partial charge >= 0.3 is 0 Å². The first-order chi connectivity index (χ1) is 9.36. The number of rotatable bonds is 3. The highest BCUT2D eigenvalue weighted by atomic mass is 15.3. The van der Waals surface area contributed by atoms with E-state index in [0.29, 0.717) is 17.7 Å². The molecule has 0 fully saturated rings. The Labute approximate surface area is 120 Å². The van der Waals surface area contributed by atoms with Gasteiger partial charge in [0.05, 0.1) is 0 Å². The maximum atomic E-state index is 4.43. The molecular weight excluding hydrogens is 250 g/mol. The van der Waals surface area contributed by atoms with Crippen molar-refractivity contribution in [2.75, 3.05) is 24.3 Å². The van der Waals surface area contributed by atoms with Crippen LogP contribution in [0, 0.1) is 27.7 Å². The molecule has 2 rings (SSSR count). The quantitative estimate of drug-likeness (QED) is 0.930. The number of aromatic nitrogens is 3. The van der Waals surface area contributed by atoms with Crippen molar-refractivity contribution in [3.8, 4) is 0 Å². The van der Waals surface area contributed by atoms with Gasteiger partial charge in [0.15, 0.2) is 0 Å². The summed E-state index contributed by atoms with van der Waals surface area (Å²) in [5.41, 5.74) is 4.69. The molecule has 0 amide bonds. The Morgan fingerprint density at radius 3 is 2.05 bits per heavy atom. The van der Waals surface area contributed by atoms with E-state index in [2.05, 4.69) is 53.2 Å². The van der Waals surface area contributed by atoms with E-state index in [1.54, 1.807) is 0 Å². The fourth-order valence-electron chi connectivity index (χ4n) is 2.21. The molecule has 2 aromatic rings. The van der Waals surface area contributed by atoms with Crippen molar-refractivity contribution < 1.29 is 0 Å². The van der Waals surface area contributed by atoms with E-state index in [1.165, 1.54) is 16.7 Å². The fraction of sp³-hybridized carbons (Fsp3) is 0.400. The lowest BCUT2D eigenvalue weighted by Gasteiger charge is -2.15. The molecule has 20 heavy (non-hydrogen) atoms. The Bertz CT molecular complexity index is 611. The van der Waals surface area contributed by atoms with Crippen LogP contribution in [-0.4, -0.2) is 29.0 Å². The van der Waals surface area contributed by atoms with E-state index < -0.39 is 0 Å². The van der Waals surface area contributed by atoms with Gasteiger partial charge in [0.1, 0.15) is 5.82 Å². The number of benzene rings is 1. The van der Waals surface area contributed by atoms with E-state index in [9.17, 15) is 0 Å². The first-order valence-electron chi connectivity index (χ1n) is 6.61. The van der Waals surface area contributed by atoms with Crippen molar-refractivity contribution >= 4 is 17.6 Å². The van der Waals surface area contributed by atoms with Gasteiger partial charge in [-0.05, 0) is 38.8 Å². The zero-order valence-corrected chi connectivity index (χ0v) is 12.9. The zero-order valence-electron chi connectivity index (χ0n) is 12.9. The van der Waals surface area contributed by atoms with Gasteiger partial charge in [0, 0.05) is 19.8 Å². The predicted octanol–water partition coefficient (Wildman–Crippen LogP) is 2.91. The molecule has 1 N–H and O–H groups in total. The Morgan fingerprint density at radius 2 is 1.50 bits per heavy atom. The zero-order chi connectivity index (χ0) is 14.9. The summed E-state index contributed by atoms with van der Waals surface area (Å²) < 4.78 is 0. The number of hydrogen-bond donors (Lipinski definition) is 1. The Morgan fingerprint density at radius 1 is 0.900 bits per heavy atom. The second-order valence-electron chi connectivity index (χ2n) is 5.30. The van der Waals surface area contributed by atoms with Gasteiger partial charge in [-0.3, -0.25) is 0 Å². The minimum absolute atomic E-state index is 0.580. The average molecular weight is 271 g/mol. The molecule has 1 heterocycles. The van der Waals surface area contributed by atoms with Crippen LogP contribution in [0.4, 0.5) is 17.6 Å². The van der Waals surface area contributed by atoms with Crippen molar-refractivity contribution in [2.24, 2.45) is 0 Å². The molecule has 0 radical (unpaired) electrons. The largest absolute Gasteiger partial charge is 0.347 e. The van der Waals surface area contributed by atoms with Crippen LogP contribution in [0.25, 0.3) is 0 Å². The van der Waals surface area contributed by atoms with Crippen LogP contribution in [0.5, 0.6) is 0 Å². The maximum Gasteiger partial charge on any atom is 0.232 e. The van der Waals surface area contributed by atoms with E-state index in [4.69, 9.17) is 0 Å². The third-order valence-corrected chi connectivity index (χ3v) is 3.05. The van der Waals surface area contributed by atoms with E-state index in [-0.39, 0.29) is 0 Å². The highest BCUT2D eigenvalue weighted by molar-refractivity contribution is 5.64. The van der Waals surface area contributed by atoms with Gasteiger partial charge < -0.3 is 10.2 Å². The summed E-state index contributed by atoms with van der Waals surface area (Å²) in [6, 6.07) is 4.30. The Kier molecular flexibility index (Phi) is 3.88. The summed E-state index contributed by atoms with van der Waals surface area (Å²) in [6.45, 7) is 8.14. The molecule has 0 bridgehead atoms. The van der Waals surface area contributed by atoms with E-state index in [1.807, 2.05) is 25.9 Å². The molecule has 5 nitrogen and oxygen atoms in total. The lowest BCUT2D eigenvalue weighted by atomic mass is 10.1. The number of hydrogen-bond acceptors (Lipinski definition) is 5. The molecule has 0 unspecified atom stereocenters. The summed E-state index contributed by atoms with van der Waals surface area (Å²) in [7, 11) is 3.84. The minimum atomic E-state index is 0.580. The first kappa shape index (κ1) is 14.2. The summed E-state index contributed by atoms with van der Waals surface area (Å²) in [6.07, 6.45) is 0. The molecule has 0 saturated heterocycles. The molecule has 1 aromatic carbocycles. The van der Waals surface area contributed by atoms with Gasteiger partial charge in [0.2, 0.25) is 11.9 Å². The number of aryl methyl sites for hydroxylation is 4. The van der Waals surface area contributed by atoms with E-state index in [0.717, 1.165) is 5.69 Å². The van der Waals surface area contributed by atoms with Crippen molar-refractivity contribution in [2.45, 2.75) is 27.7 Å². The van der Waals surface area contributed by atoms with Gasteiger partial charge in [-0.1, -0.05) is 17.7 Å². The molecule has 0 saturated carbocycles. The third kappa shape index (κ3) is 3.04. The summed E-state index contributed by atoms with van der Waals surface area (Å²) in [5, 5.41) is 3.31. The third-order valence-electron chi connectivity index (χ3n) is 3.05. The highest BCUT2D eigenvalue weighted by Crippen LogP contribution is 2.24. The first-order valence-corrected chi connectivity index (χ1v) is 6.61. The monoisotopic (exact) mass is 271 g/mol. The van der Waals surface area contributed by atoms with Gasteiger partial charge in [0.25, 0.3) is 0 Å². The molecular formula is C15H21N5. The van der Waals surface area contributed by atoms with Gasteiger partial charge in [-0.2, -0.15) is 15.0 Å². The van der Waals surface area contributed by atoms with Crippen molar-refractivity contribution in [3.05, 3.63) is 34.6 Å². The van der Waals surface area contributed by atoms with Crippen LogP contribution in [0.2, 0.25) is 0 Å². The van der Waals surface area contributed by atoms with Crippen LogP contribution >= 0.6 is 0 Å². The van der Waals surface area contributed by atoms with Crippen LogP contribution in [0.1, 0.15) is 22.5 Å². The van der Waals surface area contributed by atoms with Crippen molar-refractivity contribution in [1.29, 1.82) is 0 Å². The van der Waals surface area contributed by atoms with Crippen LogP contribution in [-0.2, 0) is 0 Å². The standard InChI is InChI=1S/C15H21N5/c1-9-7-10(2)13(11(3)8-9)18-14-16-12(4)17-15(19-14)20(5)6/h7-8H,1-6H3,(H,16,17,18,19). The lowest BCUT2D eigenvalue weighted by Crippen LogP contribution is -2.15. The molecule has 106 valence electrons. The number of nitrogens with zero attached hydrogens (tertiary/aromatic N) is 4. The average Bonchev–Trinajstić information content (AvgIpc) is 2.33. The molecule has 0 aliphatic heterocycles. The van der Waals surface area contributed by atoms with Gasteiger partial charge in [-0.15, -0.1) is 0 Å². The predicted molar refractivity (Wildman–Crippen MR) is 82.8 cm³/mol. The molecule has 0 aliphatic rings. The van der Waals surface area contributed by atoms with Crippen LogP contribution in [0.3, 0.4) is 0 Å². The Hall–Kier alpha value is -2.17.